The maximum atomic E-state index is 5.59. The lowest BCUT2D eigenvalue weighted by molar-refractivity contribution is 0.322. The summed E-state index contributed by atoms with van der Waals surface area (Å²) in [5, 5.41) is 2.12. The van der Waals surface area contributed by atoms with Crippen LogP contribution in [0.1, 0.15) is 16.0 Å². The molecule has 1 aromatic heterocycles. The van der Waals surface area contributed by atoms with Crippen molar-refractivity contribution in [1.82, 2.24) is 4.90 Å². The zero-order chi connectivity index (χ0) is 13.0. The van der Waals surface area contributed by atoms with E-state index in [1.165, 1.54) is 20.5 Å². The Labute approximate surface area is 121 Å². The molecule has 0 spiro atoms. The van der Waals surface area contributed by atoms with Crippen LogP contribution in [-0.2, 0) is 19.6 Å². The van der Waals surface area contributed by atoms with E-state index in [9.17, 15) is 0 Å². The summed E-state index contributed by atoms with van der Waals surface area (Å²) in [6.45, 7) is 2.55. The molecule has 0 atom stereocenters. The first-order chi connectivity index (χ1) is 8.67. The van der Waals surface area contributed by atoms with E-state index < -0.39 is 0 Å². The minimum absolute atomic E-state index is 0.610. The molecular weight excluding hydrogens is 308 g/mol. The van der Waals surface area contributed by atoms with Gasteiger partial charge in [0.2, 0.25) is 0 Å². The third-order valence-electron chi connectivity index (χ3n) is 2.76. The Morgan fingerprint density at radius 1 is 1.17 bits per heavy atom. The molecule has 0 aliphatic carbocycles. The van der Waals surface area contributed by atoms with Crippen LogP contribution >= 0.6 is 27.3 Å². The van der Waals surface area contributed by atoms with Crippen molar-refractivity contribution < 1.29 is 0 Å². The Morgan fingerprint density at radius 2 is 1.83 bits per heavy atom. The molecule has 2 nitrogen and oxygen atoms in total. The molecule has 2 rings (SSSR count). The fourth-order valence-electron chi connectivity index (χ4n) is 1.85. The summed E-state index contributed by atoms with van der Waals surface area (Å²) in [5.74, 6) is 0. The number of thiophene rings is 1. The van der Waals surface area contributed by atoms with Crippen molar-refractivity contribution in [2.24, 2.45) is 5.73 Å². The van der Waals surface area contributed by atoms with Gasteiger partial charge < -0.3 is 5.73 Å². The molecule has 0 aliphatic heterocycles. The second kappa shape index (κ2) is 6.48. The molecule has 0 aliphatic rings. The molecule has 0 fully saturated rings. The van der Waals surface area contributed by atoms with Gasteiger partial charge in [0.15, 0.2) is 0 Å². The highest BCUT2D eigenvalue weighted by Gasteiger charge is 2.04. The van der Waals surface area contributed by atoms with Crippen molar-refractivity contribution in [1.29, 1.82) is 0 Å². The lowest BCUT2D eigenvalue weighted by Gasteiger charge is -2.15. The molecule has 1 heterocycles. The van der Waals surface area contributed by atoms with Gasteiger partial charge >= 0.3 is 0 Å². The quantitative estimate of drug-likeness (QED) is 0.910. The van der Waals surface area contributed by atoms with Crippen molar-refractivity contribution in [3.63, 3.8) is 0 Å². The summed E-state index contributed by atoms with van der Waals surface area (Å²) in [7, 11) is 2.14. The molecule has 4 heteroatoms. The molecule has 1 aromatic carbocycles. The van der Waals surface area contributed by atoms with Gasteiger partial charge in [-0.25, -0.2) is 0 Å². The minimum Gasteiger partial charge on any atom is -0.326 e. The Kier molecular flexibility index (Phi) is 4.95. The third kappa shape index (κ3) is 3.92. The van der Waals surface area contributed by atoms with Crippen LogP contribution in [0.2, 0.25) is 0 Å². The van der Waals surface area contributed by atoms with Crippen LogP contribution in [0, 0.1) is 0 Å². The SMILES string of the molecule is CN(Cc1ccc(CN)cc1)Cc1cc(Br)cs1. The maximum absolute atomic E-state index is 5.59. The minimum atomic E-state index is 0.610. The van der Waals surface area contributed by atoms with E-state index in [4.69, 9.17) is 5.73 Å². The summed E-state index contributed by atoms with van der Waals surface area (Å²) < 4.78 is 1.17. The molecule has 0 amide bonds. The Hall–Kier alpha value is -0.680. The Bertz CT molecular complexity index is 493. The first-order valence-electron chi connectivity index (χ1n) is 5.86. The molecule has 0 unspecified atom stereocenters. The Morgan fingerprint density at radius 3 is 2.39 bits per heavy atom. The number of rotatable bonds is 5. The van der Waals surface area contributed by atoms with Gasteiger partial charge in [0.25, 0.3) is 0 Å². The number of benzene rings is 1. The standard InChI is InChI=1S/C14H17BrN2S/c1-17(9-14-6-13(15)10-18-14)8-12-4-2-11(7-16)3-5-12/h2-6,10H,7-9,16H2,1H3. The molecular formula is C14H17BrN2S. The topological polar surface area (TPSA) is 29.3 Å². The maximum Gasteiger partial charge on any atom is 0.0328 e. The van der Waals surface area contributed by atoms with Crippen LogP contribution in [-0.4, -0.2) is 11.9 Å². The first-order valence-corrected chi connectivity index (χ1v) is 7.54. The van der Waals surface area contributed by atoms with Gasteiger partial charge in [-0.15, -0.1) is 11.3 Å². The average molecular weight is 325 g/mol. The molecule has 2 N–H and O–H groups in total. The van der Waals surface area contributed by atoms with Crippen LogP contribution in [0.15, 0.2) is 40.2 Å². The molecule has 96 valence electrons. The van der Waals surface area contributed by atoms with E-state index in [0.29, 0.717) is 6.54 Å². The van der Waals surface area contributed by atoms with Crippen LogP contribution < -0.4 is 5.73 Å². The predicted octanol–water partition coefficient (Wildman–Crippen LogP) is 3.60. The van der Waals surface area contributed by atoms with Crippen LogP contribution in [0.3, 0.4) is 0 Å². The second-order valence-corrected chi connectivity index (χ2v) is 6.34. The van der Waals surface area contributed by atoms with Gasteiger partial charge in [-0.05, 0) is 40.2 Å². The van der Waals surface area contributed by atoms with E-state index in [0.717, 1.165) is 13.1 Å². The number of nitrogens with zero attached hydrogens (tertiary/aromatic N) is 1. The fraction of sp³-hybridized carbons (Fsp3) is 0.286. The molecule has 0 saturated carbocycles. The van der Waals surface area contributed by atoms with Crippen molar-refractivity contribution >= 4 is 27.3 Å². The van der Waals surface area contributed by atoms with Crippen LogP contribution in [0.4, 0.5) is 0 Å². The molecule has 0 radical (unpaired) electrons. The summed E-state index contributed by atoms with van der Waals surface area (Å²) >= 11 is 5.27. The number of hydrogen-bond donors (Lipinski definition) is 1. The smallest absolute Gasteiger partial charge is 0.0328 e. The second-order valence-electron chi connectivity index (χ2n) is 4.42. The van der Waals surface area contributed by atoms with E-state index >= 15 is 0 Å². The first kappa shape index (κ1) is 13.7. The van der Waals surface area contributed by atoms with Gasteiger partial charge in [-0.2, -0.15) is 0 Å². The largest absolute Gasteiger partial charge is 0.326 e. The number of halogens is 1. The normalized spacial score (nSPS) is 11.1. The monoisotopic (exact) mass is 324 g/mol. The summed E-state index contributed by atoms with van der Waals surface area (Å²) in [6, 6.07) is 10.7. The van der Waals surface area contributed by atoms with E-state index in [-0.39, 0.29) is 0 Å². The summed E-state index contributed by atoms with van der Waals surface area (Å²) in [6.07, 6.45) is 0. The molecule has 18 heavy (non-hydrogen) atoms. The van der Waals surface area contributed by atoms with E-state index in [1.54, 1.807) is 11.3 Å². The molecule has 0 bridgehead atoms. The fourth-order valence-corrected chi connectivity index (χ4v) is 3.38. The highest BCUT2D eigenvalue weighted by atomic mass is 79.9. The zero-order valence-corrected chi connectivity index (χ0v) is 12.8. The van der Waals surface area contributed by atoms with Crippen molar-refractivity contribution in [2.45, 2.75) is 19.6 Å². The van der Waals surface area contributed by atoms with E-state index in [1.807, 2.05) is 0 Å². The Balaban J connectivity index is 1.91. The zero-order valence-electron chi connectivity index (χ0n) is 10.4. The highest BCUT2D eigenvalue weighted by Crippen LogP contribution is 2.21. The van der Waals surface area contributed by atoms with Gasteiger partial charge in [-0.3, -0.25) is 4.90 Å². The van der Waals surface area contributed by atoms with Crippen molar-refractivity contribution in [3.8, 4) is 0 Å². The molecule has 0 saturated heterocycles. The van der Waals surface area contributed by atoms with Gasteiger partial charge in [0, 0.05) is 34.4 Å². The van der Waals surface area contributed by atoms with Gasteiger partial charge in [0.05, 0.1) is 0 Å². The lowest BCUT2D eigenvalue weighted by Crippen LogP contribution is -2.16. The molecule has 2 aromatic rings. The van der Waals surface area contributed by atoms with Gasteiger partial charge in [0.1, 0.15) is 0 Å². The number of hydrogen-bond acceptors (Lipinski definition) is 3. The number of nitrogens with two attached hydrogens (primary N) is 1. The van der Waals surface area contributed by atoms with Crippen molar-refractivity contribution in [3.05, 3.63) is 56.2 Å². The average Bonchev–Trinajstić information content (AvgIpc) is 2.75. The highest BCUT2D eigenvalue weighted by molar-refractivity contribution is 9.10. The summed E-state index contributed by atoms with van der Waals surface area (Å²) in [4.78, 5) is 3.69. The summed E-state index contributed by atoms with van der Waals surface area (Å²) in [5.41, 5.74) is 8.10. The van der Waals surface area contributed by atoms with E-state index in [2.05, 4.69) is 63.6 Å². The third-order valence-corrected chi connectivity index (χ3v) is 4.44. The van der Waals surface area contributed by atoms with Gasteiger partial charge in [-0.1, -0.05) is 24.3 Å². The van der Waals surface area contributed by atoms with Crippen molar-refractivity contribution in [2.75, 3.05) is 7.05 Å². The van der Waals surface area contributed by atoms with Crippen LogP contribution in [0.5, 0.6) is 0 Å². The van der Waals surface area contributed by atoms with Crippen LogP contribution in [0.25, 0.3) is 0 Å². The lowest BCUT2D eigenvalue weighted by atomic mass is 10.1. The predicted molar refractivity (Wildman–Crippen MR) is 81.5 cm³/mol.